The minimum absolute atomic E-state index is 0.00376. The number of H-pyrrole nitrogens is 1. The van der Waals surface area contributed by atoms with Crippen molar-refractivity contribution in [3.05, 3.63) is 71.9 Å². The number of amides is 6. The molecule has 22 nitrogen and oxygen atoms in total. The zero-order valence-electron chi connectivity index (χ0n) is 35.0. The predicted octanol–water partition coefficient (Wildman–Crippen LogP) is -3.13. The third-order valence-corrected chi connectivity index (χ3v) is 10.3. The van der Waals surface area contributed by atoms with Gasteiger partial charge in [-0.3, -0.25) is 38.8 Å². The summed E-state index contributed by atoms with van der Waals surface area (Å²) >= 11 is 8.03. The molecule has 0 bridgehead atoms. The Hall–Kier alpha value is -6.53. The van der Waals surface area contributed by atoms with E-state index >= 15 is 0 Å². The molecule has 3 rings (SSSR count). The number of aromatic amines is 1. The molecule has 64 heavy (non-hydrogen) atoms. The number of aromatic nitrogens is 1. The van der Waals surface area contributed by atoms with Crippen molar-refractivity contribution < 1.29 is 38.7 Å². The van der Waals surface area contributed by atoms with Crippen LogP contribution >= 0.6 is 25.3 Å². The van der Waals surface area contributed by atoms with E-state index < -0.39 is 84.2 Å². The van der Waals surface area contributed by atoms with E-state index in [1.165, 1.54) is 0 Å². The minimum Gasteiger partial charge on any atom is -0.480 e. The summed E-state index contributed by atoms with van der Waals surface area (Å²) in [6, 6.07) is 8.28. The molecule has 0 aliphatic heterocycles. The fourth-order valence-corrected chi connectivity index (χ4v) is 6.65. The second kappa shape index (κ2) is 26.8. The number of aliphatic carboxylic acids is 1. The number of guanidine groups is 2. The SMILES string of the molecule is NC(N)=NCCC[C@H](NC(=O)CNC(=O)[C@@H](N)CS)C(=O)N[C@H](Cc1ccccc1)C(=O)N[C@@H](CCCN=C(N)N)C(=O)N[C@@H](Cc1c[nH]c2ccccc12)C(=O)N[C@@H](CS)C(=O)O. The van der Waals surface area contributed by atoms with Crippen molar-refractivity contribution in [1.29, 1.82) is 0 Å². The Kier molecular flexibility index (Phi) is 21.7. The number of nitrogens with zero attached hydrogens (tertiary/aromatic N) is 2. The fourth-order valence-electron chi connectivity index (χ4n) is 6.24. The van der Waals surface area contributed by atoms with Crippen LogP contribution < -0.4 is 60.6 Å². The van der Waals surface area contributed by atoms with Gasteiger partial charge >= 0.3 is 5.97 Å². The van der Waals surface area contributed by atoms with Crippen molar-refractivity contribution in [1.82, 2.24) is 36.9 Å². The van der Waals surface area contributed by atoms with Crippen LogP contribution in [0, 0.1) is 0 Å². The molecule has 0 radical (unpaired) electrons. The van der Waals surface area contributed by atoms with Crippen LogP contribution in [-0.2, 0) is 46.4 Å². The van der Waals surface area contributed by atoms with Crippen molar-refractivity contribution in [2.75, 3.05) is 31.1 Å². The molecule has 0 aliphatic rings. The number of hydrogen-bond donors (Lipinski definition) is 15. The predicted molar refractivity (Wildman–Crippen MR) is 248 cm³/mol. The first-order chi connectivity index (χ1) is 30.5. The Labute approximate surface area is 380 Å². The molecular weight excluding hydrogens is 869 g/mol. The maximum Gasteiger partial charge on any atom is 0.327 e. The van der Waals surface area contributed by atoms with Crippen LogP contribution in [0.3, 0.4) is 0 Å². The van der Waals surface area contributed by atoms with Gasteiger partial charge in [-0.25, -0.2) is 4.79 Å². The monoisotopic (exact) mass is 926 g/mol. The highest BCUT2D eigenvalue weighted by Crippen LogP contribution is 2.20. The van der Waals surface area contributed by atoms with E-state index in [0.717, 1.165) is 10.9 Å². The molecule has 0 fully saturated rings. The summed E-state index contributed by atoms with van der Waals surface area (Å²) in [6.45, 7) is -0.353. The highest BCUT2D eigenvalue weighted by atomic mass is 32.1. The normalized spacial score (nSPS) is 13.7. The van der Waals surface area contributed by atoms with Gasteiger partial charge in [-0.1, -0.05) is 48.5 Å². The number of carbonyl (C=O) groups excluding carboxylic acids is 6. The molecule has 2 aromatic carbocycles. The largest absolute Gasteiger partial charge is 0.480 e. The molecule has 0 aliphatic carbocycles. The van der Waals surface area contributed by atoms with Crippen LogP contribution in [0.25, 0.3) is 10.9 Å². The number of hydrogen-bond acceptors (Lipinski definition) is 12. The van der Waals surface area contributed by atoms with Crippen molar-refractivity contribution in [2.45, 2.75) is 74.8 Å². The first-order valence-corrected chi connectivity index (χ1v) is 21.5. The first kappa shape index (κ1) is 51.8. The van der Waals surface area contributed by atoms with Gasteiger partial charge in [-0.05, 0) is 42.9 Å². The van der Waals surface area contributed by atoms with Crippen LogP contribution in [0.4, 0.5) is 0 Å². The van der Waals surface area contributed by atoms with Gasteiger partial charge in [-0.15, -0.1) is 0 Å². The number of para-hydroxylation sites is 1. The minimum atomic E-state index is -1.38. The molecule has 24 heteroatoms. The van der Waals surface area contributed by atoms with Crippen molar-refractivity contribution >= 4 is 89.5 Å². The number of thiol groups is 2. The fraction of sp³-hybridized carbons (Fsp3) is 0.425. The molecule has 3 aromatic rings. The number of rotatable bonds is 27. The van der Waals surface area contributed by atoms with Crippen molar-refractivity contribution in [3.63, 3.8) is 0 Å². The van der Waals surface area contributed by atoms with Gasteiger partial charge < -0.3 is 70.7 Å². The number of carbonyl (C=O) groups is 7. The topological polar surface area (TPSA) is 383 Å². The van der Waals surface area contributed by atoms with E-state index in [4.69, 9.17) is 28.7 Å². The molecular formula is C40H58N14O8S2. The van der Waals surface area contributed by atoms with E-state index in [9.17, 15) is 38.7 Å². The van der Waals surface area contributed by atoms with Gasteiger partial charge in [0.05, 0.1) is 12.6 Å². The molecule has 0 spiro atoms. The van der Waals surface area contributed by atoms with E-state index in [2.05, 4.69) is 72.1 Å². The molecule has 0 saturated carbocycles. The van der Waals surface area contributed by atoms with E-state index in [-0.39, 0.29) is 75.0 Å². The Morgan fingerprint density at radius 1 is 0.625 bits per heavy atom. The lowest BCUT2D eigenvalue weighted by atomic mass is 10.0. The molecule has 1 heterocycles. The number of aliphatic imine (C=N–C) groups is 2. The smallest absolute Gasteiger partial charge is 0.327 e. The molecule has 18 N–H and O–H groups in total. The van der Waals surface area contributed by atoms with Crippen LogP contribution in [0.2, 0.25) is 0 Å². The molecule has 6 amide bonds. The molecule has 348 valence electrons. The summed E-state index contributed by atoms with van der Waals surface area (Å²) in [5, 5.41) is 25.9. The van der Waals surface area contributed by atoms with Crippen molar-refractivity contribution in [2.24, 2.45) is 38.7 Å². The average molecular weight is 927 g/mol. The Bertz CT molecular complexity index is 2110. The molecule has 6 atom stereocenters. The third kappa shape index (κ3) is 17.7. The zero-order chi connectivity index (χ0) is 47.2. The maximum atomic E-state index is 14.3. The van der Waals surface area contributed by atoms with E-state index in [1.54, 1.807) is 42.6 Å². The average Bonchev–Trinajstić information content (AvgIpc) is 3.68. The lowest BCUT2D eigenvalue weighted by Gasteiger charge is -2.27. The Morgan fingerprint density at radius 2 is 1.12 bits per heavy atom. The number of carboxylic acid groups (broad SMARTS) is 1. The second-order valence-corrected chi connectivity index (χ2v) is 15.3. The highest BCUT2D eigenvalue weighted by Gasteiger charge is 2.33. The second-order valence-electron chi connectivity index (χ2n) is 14.5. The summed E-state index contributed by atoms with van der Waals surface area (Å²) in [6.07, 6.45) is 1.86. The third-order valence-electron chi connectivity index (χ3n) is 9.58. The summed E-state index contributed by atoms with van der Waals surface area (Å²) in [5.74, 6) is -6.54. The Morgan fingerprint density at radius 3 is 1.67 bits per heavy atom. The molecule has 1 aromatic heterocycles. The quantitative estimate of drug-likeness (QED) is 0.0156. The number of nitrogens with two attached hydrogens (primary N) is 5. The number of fused-ring (bicyclic) bond motifs is 1. The zero-order valence-corrected chi connectivity index (χ0v) is 36.8. The van der Waals surface area contributed by atoms with E-state index in [0.29, 0.717) is 11.1 Å². The maximum absolute atomic E-state index is 14.3. The molecule has 0 saturated heterocycles. The summed E-state index contributed by atoms with van der Waals surface area (Å²) in [5.41, 5.74) is 29.6. The summed E-state index contributed by atoms with van der Waals surface area (Å²) < 4.78 is 0. The van der Waals surface area contributed by atoms with Gasteiger partial charge in [0.25, 0.3) is 0 Å². The van der Waals surface area contributed by atoms with Gasteiger partial charge in [0.2, 0.25) is 35.4 Å². The van der Waals surface area contributed by atoms with Gasteiger partial charge in [0, 0.05) is 54.5 Å². The van der Waals surface area contributed by atoms with Crippen LogP contribution in [0.5, 0.6) is 0 Å². The number of carboxylic acids is 1. The number of benzene rings is 2. The van der Waals surface area contributed by atoms with Crippen LogP contribution in [0.15, 0.2) is 70.8 Å². The summed E-state index contributed by atoms with van der Waals surface area (Å²) in [7, 11) is 0. The highest BCUT2D eigenvalue weighted by molar-refractivity contribution is 7.80. The summed E-state index contributed by atoms with van der Waals surface area (Å²) in [4.78, 5) is 104. The van der Waals surface area contributed by atoms with E-state index in [1.807, 2.05) is 18.2 Å². The first-order valence-electron chi connectivity index (χ1n) is 20.2. The lowest BCUT2D eigenvalue weighted by Crippen LogP contribution is -2.59. The standard InChI is InChI=1S/C40H58N14O8S2/c41-25(20-63)33(56)49-19-32(55)50-27(12-6-14-46-39(42)43)34(57)52-29(16-22-8-2-1-3-9-22)36(59)51-28(13-7-15-47-40(44)45)35(58)53-30(37(60)54-31(21-64)38(61)62)17-23-18-48-26-11-5-4-10-24(23)26/h1-5,8-11,18,25,27-31,48,63-64H,6-7,12-17,19-21,41H2,(H,49,56)(H,50,55)(H,51,59)(H,52,57)(H,53,58)(H,54,60)(H,61,62)(H4,42,43,46)(H4,44,45,47)/t25-,27-,28-,29+,30-,31-/m0/s1. The van der Waals surface area contributed by atoms with Gasteiger partial charge in [0.1, 0.15) is 30.2 Å². The van der Waals surface area contributed by atoms with Gasteiger partial charge in [0.15, 0.2) is 11.9 Å². The van der Waals surface area contributed by atoms with Crippen molar-refractivity contribution in [3.8, 4) is 0 Å². The molecule has 0 unspecified atom stereocenters. The van der Waals surface area contributed by atoms with Crippen LogP contribution in [-0.4, -0.2) is 131 Å². The van der Waals surface area contributed by atoms with Crippen LogP contribution in [0.1, 0.15) is 36.8 Å². The Balaban J connectivity index is 1.95. The van der Waals surface area contributed by atoms with Gasteiger partial charge in [-0.2, -0.15) is 25.3 Å². The lowest BCUT2D eigenvalue weighted by molar-refractivity contribution is -0.141. The number of nitrogens with one attached hydrogen (secondary N) is 7.